The molecule has 156 valence electrons. The number of hydrogen-bond acceptors (Lipinski definition) is 9. The number of anilines is 1. The molecule has 0 aliphatic rings. The van der Waals surface area contributed by atoms with Gasteiger partial charge in [-0.2, -0.15) is 0 Å². The summed E-state index contributed by atoms with van der Waals surface area (Å²) in [5, 5.41) is 5.92. The summed E-state index contributed by atoms with van der Waals surface area (Å²) >= 11 is 0. The summed E-state index contributed by atoms with van der Waals surface area (Å²) in [6, 6.07) is 6.32. The van der Waals surface area contributed by atoms with Crippen LogP contribution >= 0.6 is 0 Å². The normalized spacial score (nSPS) is 10.6. The van der Waals surface area contributed by atoms with E-state index in [1.54, 1.807) is 26.0 Å². The van der Waals surface area contributed by atoms with Gasteiger partial charge in [0.05, 0.1) is 24.5 Å². The zero-order chi connectivity index (χ0) is 21.7. The van der Waals surface area contributed by atoms with Gasteiger partial charge in [-0.15, -0.1) is 0 Å². The molecule has 1 amide bonds. The number of hydrogen-bond donors (Lipinski definition) is 1. The SMILES string of the molecule is CCOC(=O)c1ccccc1NC(=O)Cn1cnc2onc(C(=O)OCC)c2c1=O. The van der Waals surface area contributed by atoms with Crippen molar-refractivity contribution in [3.8, 4) is 0 Å². The molecule has 3 rings (SSSR count). The Hall–Kier alpha value is -4.02. The molecule has 3 aromatic rings. The zero-order valence-electron chi connectivity index (χ0n) is 16.2. The maximum absolute atomic E-state index is 12.7. The van der Waals surface area contributed by atoms with Crippen LogP contribution in [-0.4, -0.2) is 45.8 Å². The molecule has 2 aromatic heterocycles. The van der Waals surface area contributed by atoms with Crippen LogP contribution in [0.1, 0.15) is 34.7 Å². The van der Waals surface area contributed by atoms with Gasteiger partial charge in [0.15, 0.2) is 0 Å². The fraction of sp³-hybridized carbons (Fsp3) is 0.263. The van der Waals surface area contributed by atoms with Crippen LogP contribution in [0.15, 0.2) is 39.9 Å². The number of para-hydroxylation sites is 1. The number of benzene rings is 1. The fourth-order valence-electron chi connectivity index (χ4n) is 2.66. The Morgan fingerprint density at radius 2 is 1.80 bits per heavy atom. The number of carbonyl (C=O) groups is 3. The number of amides is 1. The number of nitrogens with zero attached hydrogens (tertiary/aromatic N) is 3. The lowest BCUT2D eigenvalue weighted by Gasteiger charge is -2.11. The largest absolute Gasteiger partial charge is 0.462 e. The average molecular weight is 414 g/mol. The summed E-state index contributed by atoms with van der Waals surface area (Å²) in [5.74, 6) is -2.01. The number of ether oxygens (including phenoxy) is 2. The lowest BCUT2D eigenvalue weighted by atomic mass is 10.2. The van der Waals surface area contributed by atoms with E-state index in [4.69, 9.17) is 14.0 Å². The minimum Gasteiger partial charge on any atom is -0.462 e. The molecule has 0 radical (unpaired) electrons. The highest BCUT2D eigenvalue weighted by Gasteiger charge is 2.23. The van der Waals surface area contributed by atoms with E-state index < -0.39 is 29.9 Å². The summed E-state index contributed by atoms with van der Waals surface area (Å²) in [4.78, 5) is 53.1. The van der Waals surface area contributed by atoms with Crippen LogP contribution in [0, 0.1) is 0 Å². The van der Waals surface area contributed by atoms with E-state index in [2.05, 4.69) is 15.5 Å². The predicted molar refractivity (Wildman–Crippen MR) is 103 cm³/mol. The second kappa shape index (κ2) is 8.99. The minimum atomic E-state index is -0.833. The third kappa shape index (κ3) is 4.19. The Morgan fingerprint density at radius 3 is 2.53 bits per heavy atom. The fourth-order valence-corrected chi connectivity index (χ4v) is 2.66. The first-order valence-electron chi connectivity index (χ1n) is 9.04. The van der Waals surface area contributed by atoms with Gasteiger partial charge >= 0.3 is 11.9 Å². The molecule has 0 saturated heterocycles. The van der Waals surface area contributed by atoms with Crippen molar-refractivity contribution < 1.29 is 28.4 Å². The number of rotatable bonds is 7. The number of aromatic nitrogens is 3. The molecule has 11 nitrogen and oxygen atoms in total. The highest BCUT2D eigenvalue weighted by Crippen LogP contribution is 2.17. The molecule has 0 aliphatic heterocycles. The van der Waals surface area contributed by atoms with Crippen LogP contribution < -0.4 is 10.9 Å². The second-order valence-corrected chi connectivity index (χ2v) is 5.92. The first kappa shape index (κ1) is 20.7. The summed E-state index contributed by atoms with van der Waals surface area (Å²) in [7, 11) is 0. The standard InChI is InChI=1S/C19H18N4O7/c1-3-28-18(26)11-7-5-6-8-12(11)21-13(24)9-23-10-20-16-14(17(23)25)15(22-30-16)19(27)29-4-2/h5-8,10H,3-4,9H2,1-2H3,(H,21,24). The molecule has 1 aromatic carbocycles. The molecule has 0 saturated carbocycles. The van der Waals surface area contributed by atoms with Crippen molar-refractivity contribution in [2.24, 2.45) is 0 Å². The first-order valence-corrected chi connectivity index (χ1v) is 9.04. The van der Waals surface area contributed by atoms with Crippen molar-refractivity contribution in [3.05, 3.63) is 52.2 Å². The lowest BCUT2D eigenvalue weighted by molar-refractivity contribution is -0.116. The van der Waals surface area contributed by atoms with Gasteiger partial charge in [-0.3, -0.25) is 14.2 Å². The predicted octanol–water partition coefficient (Wildman–Crippen LogP) is 1.38. The number of carbonyl (C=O) groups excluding carboxylic acids is 3. The van der Waals surface area contributed by atoms with Crippen molar-refractivity contribution in [1.82, 2.24) is 14.7 Å². The topological polar surface area (TPSA) is 143 Å². The van der Waals surface area contributed by atoms with E-state index in [0.717, 1.165) is 10.9 Å². The van der Waals surface area contributed by atoms with Gasteiger partial charge in [-0.1, -0.05) is 17.3 Å². The van der Waals surface area contributed by atoms with Gasteiger partial charge in [0, 0.05) is 0 Å². The second-order valence-electron chi connectivity index (χ2n) is 5.92. The molecule has 0 spiro atoms. The van der Waals surface area contributed by atoms with E-state index in [9.17, 15) is 19.2 Å². The molecular formula is C19H18N4O7. The zero-order valence-corrected chi connectivity index (χ0v) is 16.2. The summed E-state index contributed by atoms with van der Waals surface area (Å²) in [6.45, 7) is 3.12. The molecule has 0 atom stereocenters. The molecule has 30 heavy (non-hydrogen) atoms. The molecular weight excluding hydrogens is 396 g/mol. The molecule has 2 heterocycles. The van der Waals surface area contributed by atoms with Crippen LogP contribution in [-0.2, 0) is 20.8 Å². The van der Waals surface area contributed by atoms with Gasteiger partial charge in [-0.05, 0) is 26.0 Å². The molecule has 0 fully saturated rings. The smallest absolute Gasteiger partial charge is 0.361 e. The van der Waals surface area contributed by atoms with Crippen LogP contribution in [0.3, 0.4) is 0 Å². The van der Waals surface area contributed by atoms with Crippen molar-refractivity contribution in [1.29, 1.82) is 0 Å². The van der Waals surface area contributed by atoms with Crippen LogP contribution in [0.25, 0.3) is 11.1 Å². The summed E-state index contributed by atoms with van der Waals surface area (Å²) in [5.41, 5.74) is -0.741. The van der Waals surface area contributed by atoms with Crippen molar-refractivity contribution >= 4 is 34.6 Å². The van der Waals surface area contributed by atoms with Gasteiger partial charge in [0.1, 0.15) is 18.3 Å². The van der Waals surface area contributed by atoms with Crippen LogP contribution in [0.4, 0.5) is 5.69 Å². The van der Waals surface area contributed by atoms with E-state index in [-0.39, 0.29) is 41.3 Å². The highest BCUT2D eigenvalue weighted by atomic mass is 16.5. The number of nitrogens with one attached hydrogen (secondary N) is 1. The van der Waals surface area contributed by atoms with Gasteiger partial charge < -0.3 is 19.3 Å². The van der Waals surface area contributed by atoms with Crippen molar-refractivity contribution in [2.45, 2.75) is 20.4 Å². The van der Waals surface area contributed by atoms with E-state index >= 15 is 0 Å². The molecule has 0 bridgehead atoms. The Kier molecular flexibility index (Phi) is 6.20. The molecule has 0 aliphatic carbocycles. The van der Waals surface area contributed by atoms with Crippen molar-refractivity contribution in [3.63, 3.8) is 0 Å². The van der Waals surface area contributed by atoms with Gasteiger partial charge in [0.2, 0.25) is 11.6 Å². The number of esters is 2. The molecule has 1 N–H and O–H groups in total. The van der Waals surface area contributed by atoms with E-state index in [0.29, 0.717) is 0 Å². The third-order valence-corrected chi connectivity index (χ3v) is 3.94. The maximum Gasteiger partial charge on any atom is 0.361 e. The summed E-state index contributed by atoms with van der Waals surface area (Å²) in [6.07, 6.45) is 1.10. The van der Waals surface area contributed by atoms with Crippen LogP contribution in [0.5, 0.6) is 0 Å². The molecule has 11 heteroatoms. The lowest BCUT2D eigenvalue weighted by Crippen LogP contribution is -2.29. The van der Waals surface area contributed by atoms with Gasteiger partial charge in [-0.25, -0.2) is 14.6 Å². The number of fused-ring (bicyclic) bond motifs is 1. The average Bonchev–Trinajstić information content (AvgIpc) is 3.16. The maximum atomic E-state index is 12.7. The van der Waals surface area contributed by atoms with Gasteiger partial charge in [0.25, 0.3) is 11.3 Å². The monoisotopic (exact) mass is 414 g/mol. The Labute approximate surface area is 169 Å². The summed E-state index contributed by atoms with van der Waals surface area (Å²) < 4.78 is 15.7. The minimum absolute atomic E-state index is 0.0872. The molecule has 0 unspecified atom stereocenters. The Balaban J connectivity index is 1.85. The quantitative estimate of drug-likeness (QED) is 0.567. The first-order chi connectivity index (χ1) is 14.5. The third-order valence-electron chi connectivity index (χ3n) is 3.94. The van der Waals surface area contributed by atoms with E-state index in [1.807, 2.05) is 0 Å². The highest BCUT2D eigenvalue weighted by molar-refractivity contribution is 6.01. The van der Waals surface area contributed by atoms with E-state index in [1.165, 1.54) is 12.1 Å². The Bertz CT molecular complexity index is 1170. The van der Waals surface area contributed by atoms with Crippen molar-refractivity contribution in [2.75, 3.05) is 18.5 Å². The van der Waals surface area contributed by atoms with Crippen LogP contribution in [0.2, 0.25) is 0 Å². The Morgan fingerprint density at radius 1 is 1.10 bits per heavy atom.